The van der Waals surface area contributed by atoms with Crippen molar-refractivity contribution in [3.63, 3.8) is 0 Å². The highest BCUT2D eigenvalue weighted by atomic mass is 35.5. The zero-order chi connectivity index (χ0) is 18.4. The molecule has 2 aromatic rings. The van der Waals surface area contributed by atoms with Gasteiger partial charge < -0.3 is 14.4 Å². The van der Waals surface area contributed by atoms with Crippen molar-refractivity contribution >= 4 is 12.4 Å². The maximum Gasteiger partial charge on any atom is 0.173 e. The predicted molar refractivity (Wildman–Crippen MR) is 105 cm³/mol. The van der Waals surface area contributed by atoms with Crippen LogP contribution in [0.3, 0.4) is 0 Å². The molecule has 0 amide bonds. The van der Waals surface area contributed by atoms with E-state index in [0.29, 0.717) is 19.8 Å². The second-order valence-corrected chi connectivity index (χ2v) is 6.50. The molecule has 0 aliphatic carbocycles. The predicted octanol–water partition coefficient (Wildman–Crippen LogP) is 1.48. The van der Waals surface area contributed by atoms with E-state index < -0.39 is 0 Å². The zero-order valence-corrected chi connectivity index (χ0v) is 17.1. The van der Waals surface area contributed by atoms with E-state index in [0.717, 1.165) is 37.8 Å². The molecule has 1 atom stereocenters. The van der Waals surface area contributed by atoms with Gasteiger partial charge >= 0.3 is 0 Å². The van der Waals surface area contributed by atoms with Crippen molar-refractivity contribution < 1.29 is 9.47 Å². The third-order valence-electron chi connectivity index (χ3n) is 4.72. The van der Waals surface area contributed by atoms with Crippen molar-refractivity contribution in [1.82, 2.24) is 30.0 Å². The number of methoxy groups -OCH3 is 1. The van der Waals surface area contributed by atoms with Gasteiger partial charge in [-0.25, -0.2) is 4.68 Å². The van der Waals surface area contributed by atoms with E-state index in [4.69, 9.17) is 9.47 Å². The normalized spacial score (nSPS) is 16.7. The van der Waals surface area contributed by atoms with Crippen LogP contribution in [0.5, 0.6) is 5.75 Å². The fourth-order valence-electron chi connectivity index (χ4n) is 3.26. The first kappa shape index (κ1) is 21.6. The maximum atomic E-state index is 5.59. The van der Waals surface area contributed by atoms with E-state index in [-0.39, 0.29) is 18.4 Å². The fraction of sp³-hybridized carbons (Fsp3) is 0.611. The molecule has 1 aliphatic heterocycles. The van der Waals surface area contributed by atoms with Crippen LogP contribution in [0.15, 0.2) is 24.3 Å². The molecule has 0 spiro atoms. The van der Waals surface area contributed by atoms with Crippen molar-refractivity contribution in [3.05, 3.63) is 35.7 Å². The van der Waals surface area contributed by atoms with Crippen molar-refractivity contribution in [2.45, 2.75) is 19.5 Å². The summed E-state index contributed by atoms with van der Waals surface area (Å²) in [5.41, 5.74) is 1.17. The highest BCUT2D eigenvalue weighted by molar-refractivity contribution is 5.85. The maximum absolute atomic E-state index is 5.59. The molecule has 0 N–H and O–H groups in total. The lowest BCUT2D eigenvalue weighted by molar-refractivity contribution is 0.119. The van der Waals surface area contributed by atoms with Crippen LogP contribution < -0.4 is 4.74 Å². The number of aromatic nitrogens is 4. The molecule has 0 radical (unpaired) electrons. The van der Waals surface area contributed by atoms with Crippen LogP contribution in [0, 0.1) is 0 Å². The van der Waals surface area contributed by atoms with Gasteiger partial charge in [-0.3, -0.25) is 4.90 Å². The molecule has 27 heavy (non-hydrogen) atoms. The Morgan fingerprint density at radius 2 is 1.81 bits per heavy atom. The van der Waals surface area contributed by atoms with E-state index in [1.807, 2.05) is 23.7 Å². The van der Waals surface area contributed by atoms with E-state index >= 15 is 0 Å². The summed E-state index contributed by atoms with van der Waals surface area (Å²) in [5.74, 6) is 1.74. The number of hydrogen-bond acceptors (Lipinski definition) is 7. The number of ether oxygens (including phenoxy) is 2. The Morgan fingerprint density at radius 1 is 1.11 bits per heavy atom. The average Bonchev–Trinajstić information content (AvgIpc) is 3.11. The Labute approximate surface area is 166 Å². The third-order valence-corrected chi connectivity index (χ3v) is 4.72. The Morgan fingerprint density at radius 3 is 2.44 bits per heavy atom. The summed E-state index contributed by atoms with van der Waals surface area (Å²) in [6.45, 7) is 7.90. The smallest absolute Gasteiger partial charge is 0.173 e. The summed E-state index contributed by atoms with van der Waals surface area (Å²) in [6.07, 6.45) is 0. The largest absolute Gasteiger partial charge is 0.494 e. The van der Waals surface area contributed by atoms with Crippen LogP contribution >= 0.6 is 12.4 Å². The van der Waals surface area contributed by atoms with Crippen LogP contribution in [0.2, 0.25) is 0 Å². The third kappa shape index (κ3) is 5.38. The number of halogens is 1. The molecule has 1 saturated heterocycles. The minimum Gasteiger partial charge on any atom is -0.494 e. The molecule has 1 aromatic carbocycles. The number of piperazine rings is 1. The lowest BCUT2D eigenvalue weighted by Gasteiger charge is -2.37. The van der Waals surface area contributed by atoms with Gasteiger partial charge in [-0.05, 0) is 42.1 Å². The summed E-state index contributed by atoms with van der Waals surface area (Å²) in [4.78, 5) is 4.80. The number of nitrogens with zero attached hydrogens (tertiary/aromatic N) is 6. The molecule has 0 saturated carbocycles. The first-order valence-electron chi connectivity index (χ1n) is 9.13. The molecule has 3 rings (SSSR count). The van der Waals surface area contributed by atoms with Gasteiger partial charge in [0.25, 0.3) is 0 Å². The molecule has 8 nitrogen and oxygen atoms in total. The molecule has 1 unspecified atom stereocenters. The van der Waals surface area contributed by atoms with Gasteiger partial charge in [0.2, 0.25) is 0 Å². The number of tetrazole rings is 1. The highest BCUT2D eigenvalue weighted by Crippen LogP contribution is 2.29. The van der Waals surface area contributed by atoms with Crippen molar-refractivity contribution in [2.75, 3.05) is 53.6 Å². The summed E-state index contributed by atoms with van der Waals surface area (Å²) in [5, 5.41) is 12.5. The van der Waals surface area contributed by atoms with Crippen LogP contribution in [-0.4, -0.2) is 83.6 Å². The Hall–Kier alpha value is -1.74. The number of hydrogen-bond donors (Lipinski definition) is 0. The number of rotatable bonds is 8. The highest BCUT2D eigenvalue weighted by Gasteiger charge is 2.29. The van der Waals surface area contributed by atoms with Crippen molar-refractivity contribution in [1.29, 1.82) is 0 Å². The SMILES string of the molecule is CCOc1ccc(C(c2nnnn2CCOC)N2CCN(C)CC2)cc1.Cl. The van der Waals surface area contributed by atoms with Crippen LogP contribution in [0.25, 0.3) is 0 Å². The summed E-state index contributed by atoms with van der Waals surface area (Å²) < 4.78 is 12.6. The van der Waals surface area contributed by atoms with Crippen LogP contribution in [-0.2, 0) is 11.3 Å². The van der Waals surface area contributed by atoms with E-state index in [1.54, 1.807) is 7.11 Å². The molecule has 1 fully saturated rings. The standard InChI is InChI=1S/C18H28N6O2.ClH/c1-4-26-16-7-5-15(6-8-16)17(23-11-9-22(2)10-12-23)18-19-20-21-24(18)13-14-25-3;/h5-8,17H,4,9-14H2,1-3H3;1H. The van der Waals surface area contributed by atoms with E-state index in [1.165, 1.54) is 5.56 Å². The van der Waals surface area contributed by atoms with E-state index in [9.17, 15) is 0 Å². The second kappa shape index (κ2) is 10.6. The van der Waals surface area contributed by atoms with Gasteiger partial charge in [-0.1, -0.05) is 12.1 Å². The number of benzene rings is 1. The van der Waals surface area contributed by atoms with Gasteiger partial charge in [-0.2, -0.15) is 0 Å². The Bertz CT molecular complexity index is 673. The van der Waals surface area contributed by atoms with Crippen molar-refractivity contribution in [2.24, 2.45) is 0 Å². The first-order valence-corrected chi connectivity index (χ1v) is 9.13. The van der Waals surface area contributed by atoms with Crippen LogP contribution in [0.1, 0.15) is 24.4 Å². The molecular formula is C18H29ClN6O2. The van der Waals surface area contributed by atoms with Crippen molar-refractivity contribution in [3.8, 4) is 5.75 Å². The zero-order valence-electron chi connectivity index (χ0n) is 16.2. The quantitative estimate of drug-likeness (QED) is 0.669. The van der Waals surface area contributed by atoms with Gasteiger partial charge in [0.05, 0.1) is 25.8 Å². The van der Waals surface area contributed by atoms with Gasteiger partial charge in [0.1, 0.15) is 5.75 Å². The molecule has 1 aromatic heterocycles. The lowest BCUT2D eigenvalue weighted by Crippen LogP contribution is -2.46. The second-order valence-electron chi connectivity index (χ2n) is 6.50. The molecule has 9 heteroatoms. The topological polar surface area (TPSA) is 68.5 Å². The lowest BCUT2D eigenvalue weighted by atomic mass is 10.0. The number of likely N-dealkylation sites (N-methyl/N-ethyl adjacent to an activating group) is 1. The molecule has 150 valence electrons. The molecule has 0 bridgehead atoms. The van der Waals surface area contributed by atoms with Gasteiger partial charge in [-0.15, -0.1) is 17.5 Å². The molecular weight excluding hydrogens is 368 g/mol. The Kier molecular flexibility index (Phi) is 8.43. The summed E-state index contributed by atoms with van der Waals surface area (Å²) in [7, 11) is 3.85. The minimum absolute atomic E-state index is 0. The summed E-state index contributed by atoms with van der Waals surface area (Å²) in [6, 6.07) is 8.29. The van der Waals surface area contributed by atoms with Crippen LogP contribution in [0.4, 0.5) is 0 Å². The minimum atomic E-state index is 0. The fourth-order valence-corrected chi connectivity index (χ4v) is 3.26. The summed E-state index contributed by atoms with van der Waals surface area (Å²) >= 11 is 0. The molecule has 1 aliphatic rings. The Balaban J connectivity index is 0.00000261. The van der Waals surface area contributed by atoms with E-state index in [2.05, 4.69) is 44.5 Å². The first-order chi connectivity index (χ1) is 12.7. The van der Waals surface area contributed by atoms with Gasteiger partial charge in [0, 0.05) is 33.3 Å². The monoisotopic (exact) mass is 396 g/mol. The van der Waals surface area contributed by atoms with Gasteiger partial charge in [0.15, 0.2) is 5.82 Å². The molecule has 2 heterocycles. The average molecular weight is 397 g/mol.